The average Bonchev–Trinajstić information content (AvgIpc) is 2.71. The fraction of sp³-hybridized carbons (Fsp3) is 0.0455. The molecule has 0 aromatic heterocycles. The lowest BCUT2D eigenvalue weighted by molar-refractivity contribution is 0.0466. The van der Waals surface area contributed by atoms with Gasteiger partial charge < -0.3 is 4.74 Å². The van der Waals surface area contributed by atoms with Gasteiger partial charge in [-0.15, -0.1) is 0 Å². The summed E-state index contributed by atoms with van der Waals surface area (Å²) in [6.45, 7) is -0.396. The summed E-state index contributed by atoms with van der Waals surface area (Å²) in [5.74, 6) is -2.20. The molecule has 138 valence electrons. The molecule has 1 aliphatic carbocycles. The molecule has 0 saturated heterocycles. The van der Waals surface area contributed by atoms with Crippen LogP contribution >= 0.6 is 11.6 Å². The van der Waals surface area contributed by atoms with Crippen LogP contribution in [-0.2, 0) is 11.3 Å². The highest BCUT2D eigenvalue weighted by Crippen LogP contribution is 2.30. The third-order valence-corrected chi connectivity index (χ3v) is 4.94. The Labute approximate surface area is 164 Å². The van der Waals surface area contributed by atoms with Crippen LogP contribution < -0.4 is 0 Å². The molecule has 3 aromatic rings. The number of hydrogen-bond donors (Lipinski definition) is 0. The lowest BCUT2D eigenvalue weighted by Crippen LogP contribution is -2.24. The molecule has 0 aliphatic heterocycles. The van der Waals surface area contributed by atoms with Crippen molar-refractivity contribution in [1.82, 2.24) is 0 Å². The summed E-state index contributed by atoms with van der Waals surface area (Å²) < 4.78 is 19.1. The van der Waals surface area contributed by atoms with Gasteiger partial charge in [-0.3, -0.25) is 9.59 Å². The number of ketones is 2. The lowest BCUT2D eigenvalue weighted by atomic mass is 9.82. The maximum absolute atomic E-state index is 13.9. The second-order valence-electron chi connectivity index (χ2n) is 6.21. The van der Waals surface area contributed by atoms with Crippen LogP contribution in [0.25, 0.3) is 0 Å². The van der Waals surface area contributed by atoms with E-state index >= 15 is 0 Å². The first-order chi connectivity index (χ1) is 13.5. The van der Waals surface area contributed by atoms with Crippen molar-refractivity contribution in [3.8, 4) is 0 Å². The van der Waals surface area contributed by atoms with Gasteiger partial charge in [0.15, 0.2) is 11.6 Å². The Morgan fingerprint density at radius 1 is 0.857 bits per heavy atom. The van der Waals surface area contributed by atoms with Gasteiger partial charge in [0.1, 0.15) is 12.4 Å². The fourth-order valence-electron chi connectivity index (χ4n) is 3.20. The Hall–Kier alpha value is -3.31. The average molecular weight is 395 g/mol. The Morgan fingerprint density at radius 3 is 2.21 bits per heavy atom. The standard InChI is InChI=1S/C22H12ClFO4/c23-17-9-4-10-18(24)16(17)11-28-22(27)15-8-3-7-14-19(15)21(26)13-6-2-1-5-12(13)20(14)25/h1-10H,11H2. The van der Waals surface area contributed by atoms with Gasteiger partial charge in [-0.25, -0.2) is 9.18 Å². The molecule has 1 aliphatic rings. The molecule has 4 nitrogen and oxygen atoms in total. The highest BCUT2D eigenvalue weighted by atomic mass is 35.5. The molecule has 0 atom stereocenters. The molecule has 4 rings (SSSR count). The van der Waals surface area contributed by atoms with Gasteiger partial charge in [-0.1, -0.05) is 54.1 Å². The number of rotatable bonds is 3. The number of esters is 1. The van der Waals surface area contributed by atoms with Crippen molar-refractivity contribution in [2.45, 2.75) is 6.61 Å². The highest BCUT2D eigenvalue weighted by molar-refractivity contribution is 6.31. The smallest absolute Gasteiger partial charge is 0.339 e. The Kier molecular flexibility index (Phi) is 4.53. The molecular weight excluding hydrogens is 383 g/mol. The number of hydrogen-bond acceptors (Lipinski definition) is 4. The molecule has 0 amide bonds. The summed E-state index contributed by atoms with van der Waals surface area (Å²) in [5.41, 5.74) is 0.659. The van der Waals surface area contributed by atoms with Crippen molar-refractivity contribution in [2.24, 2.45) is 0 Å². The summed E-state index contributed by atoms with van der Waals surface area (Å²) in [4.78, 5) is 38.3. The van der Waals surface area contributed by atoms with Crippen LogP contribution in [0, 0.1) is 5.82 Å². The van der Waals surface area contributed by atoms with Crippen LogP contribution in [0.2, 0.25) is 5.02 Å². The monoisotopic (exact) mass is 394 g/mol. The fourth-order valence-corrected chi connectivity index (χ4v) is 3.42. The number of benzene rings is 3. The normalized spacial score (nSPS) is 12.4. The SMILES string of the molecule is O=C(OCc1c(F)cccc1Cl)c1cccc2c1C(=O)c1ccccc1C2=O. The number of fused-ring (bicyclic) bond motifs is 2. The number of ether oxygens (including phenoxy) is 1. The second kappa shape index (κ2) is 7.02. The third kappa shape index (κ3) is 2.90. The van der Waals surface area contributed by atoms with Crippen LogP contribution in [0.4, 0.5) is 4.39 Å². The molecular formula is C22H12ClFO4. The molecule has 0 unspecified atom stereocenters. The largest absolute Gasteiger partial charge is 0.457 e. The van der Waals surface area contributed by atoms with Crippen LogP contribution in [0.5, 0.6) is 0 Å². The molecule has 0 radical (unpaired) electrons. The second-order valence-corrected chi connectivity index (χ2v) is 6.62. The van der Waals surface area contributed by atoms with E-state index in [0.29, 0.717) is 5.56 Å². The summed E-state index contributed by atoms with van der Waals surface area (Å²) >= 11 is 5.94. The van der Waals surface area contributed by atoms with Crippen molar-refractivity contribution in [2.75, 3.05) is 0 Å². The number of halogens is 2. The number of carbonyl (C=O) groups is 3. The highest BCUT2D eigenvalue weighted by Gasteiger charge is 2.33. The minimum atomic E-state index is -0.836. The van der Waals surface area contributed by atoms with E-state index < -0.39 is 24.2 Å². The molecule has 28 heavy (non-hydrogen) atoms. The van der Waals surface area contributed by atoms with Crippen LogP contribution in [-0.4, -0.2) is 17.5 Å². The molecule has 0 bridgehead atoms. The first kappa shape index (κ1) is 18.1. The molecule has 0 spiro atoms. The van der Waals surface area contributed by atoms with Gasteiger partial charge in [0.2, 0.25) is 0 Å². The Bertz CT molecular complexity index is 1130. The first-order valence-electron chi connectivity index (χ1n) is 8.40. The summed E-state index contributed by atoms with van der Waals surface area (Å²) in [5, 5.41) is 0.128. The Balaban J connectivity index is 1.70. The zero-order valence-corrected chi connectivity index (χ0v) is 15.1. The van der Waals surface area contributed by atoms with Gasteiger partial charge >= 0.3 is 5.97 Å². The molecule has 0 fully saturated rings. The van der Waals surface area contributed by atoms with E-state index in [-0.39, 0.29) is 38.6 Å². The minimum Gasteiger partial charge on any atom is -0.457 e. The van der Waals surface area contributed by atoms with Crippen molar-refractivity contribution >= 4 is 29.1 Å². The molecule has 0 saturated carbocycles. The summed E-state index contributed by atoms with van der Waals surface area (Å²) in [6.07, 6.45) is 0. The molecule has 0 heterocycles. The lowest BCUT2D eigenvalue weighted by Gasteiger charge is -2.19. The van der Waals surface area contributed by atoms with E-state index in [0.717, 1.165) is 0 Å². The maximum Gasteiger partial charge on any atom is 0.339 e. The summed E-state index contributed by atoms with van der Waals surface area (Å²) in [6, 6.07) is 15.0. The van der Waals surface area contributed by atoms with E-state index in [1.54, 1.807) is 24.3 Å². The Morgan fingerprint density at radius 2 is 1.50 bits per heavy atom. The van der Waals surface area contributed by atoms with Crippen molar-refractivity contribution in [1.29, 1.82) is 0 Å². The quantitative estimate of drug-likeness (QED) is 0.476. The van der Waals surface area contributed by atoms with Crippen molar-refractivity contribution in [3.05, 3.63) is 105 Å². The van der Waals surface area contributed by atoms with Gasteiger partial charge in [0, 0.05) is 27.8 Å². The topological polar surface area (TPSA) is 60.4 Å². The van der Waals surface area contributed by atoms with Gasteiger partial charge in [-0.2, -0.15) is 0 Å². The van der Waals surface area contributed by atoms with Crippen LogP contribution in [0.15, 0.2) is 60.7 Å². The molecule has 3 aromatic carbocycles. The van der Waals surface area contributed by atoms with E-state index in [1.165, 1.54) is 36.4 Å². The third-order valence-electron chi connectivity index (χ3n) is 4.58. The number of carbonyl (C=O) groups excluding carboxylic acids is 3. The van der Waals surface area contributed by atoms with E-state index in [1.807, 2.05) is 0 Å². The van der Waals surface area contributed by atoms with Gasteiger partial charge in [0.25, 0.3) is 0 Å². The van der Waals surface area contributed by atoms with Gasteiger partial charge in [0.05, 0.1) is 10.6 Å². The van der Waals surface area contributed by atoms with Crippen molar-refractivity contribution < 1.29 is 23.5 Å². The molecule has 0 N–H and O–H groups in total. The van der Waals surface area contributed by atoms with Crippen LogP contribution in [0.1, 0.15) is 47.8 Å². The maximum atomic E-state index is 13.9. The van der Waals surface area contributed by atoms with E-state index in [4.69, 9.17) is 16.3 Å². The van der Waals surface area contributed by atoms with Crippen LogP contribution in [0.3, 0.4) is 0 Å². The minimum absolute atomic E-state index is 0.00386. The van der Waals surface area contributed by atoms with Gasteiger partial charge in [-0.05, 0) is 18.2 Å². The van der Waals surface area contributed by atoms with E-state index in [2.05, 4.69) is 0 Å². The zero-order valence-electron chi connectivity index (χ0n) is 14.4. The predicted octanol–water partition coefficient (Wildman–Crippen LogP) is 4.61. The molecule has 6 heteroatoms. The first-order valence-corrected chi connectivity index (χ1v) is 8.78. The predicted molar refractivity (Wildman–Crippen MR) is 100 cm³/mol. The van der Waals surface area contributed by atoms with E-state index in [9.17, 15) is 18.8 Å². The van der Waals surface area contributed by atoms with Crippen molar-refractivity contribution in [3.63, 3.8) is 0 Å². The summed E-state index contributed by atoms with van der Waals surface area (Å²) in [7, 11) is 0. The zero-order chi connectivity index (χ0) is 19.8.